The molecule has 2 bridgehead atoms. The van der Waals surface area contributed by atoms with Gasteiger partial charge < -0.3 is 4.90 Å². The Morgan fingerprint density at radius 3 is 2.32 bits per heavy atom. The van der Waals surface area contributed by atoms with E-state index in [2.05, 4.69) is 80.5 Å². The molecule has 0 radical (unpaired) electrons. The van der Waals surface area contributed by atoms with Crippen LogP contribution >= 0.6 is 0 Å². The topological polar surface area (TPSA) is 15.6 Å². The molecule has 0 aromatic heterocycles. The van der Waals surface area contributed by atoms with E-state index in [4.69, 9.17) is 4.99 Å². The largest absolute Gasteiger partial charge is 0.344 e. The fraction of sp³-hybridized carbons (Fsp3) is 0.350. The Morgan fingerprint density at radius 2 is 1.59 bits per heavy atom. The van der Waals surface area contributed by atoms with Crippen molar-refractivity contribution >= 4 is 6.34 Å². The number of aliphatic imine (C=N–C) groups is 1. The smallest absolute Gasteiger partial charge is 0.0869 e. The first-order valence-electron chi connectivity index (χ1n) is 8.04. The van der Waals surface area contributed by atoms with E-state index in [1.165, 1.54) is 22.3 Å². The van der Waals surface area contributed by atoms with Crippen LogP contribution in [-0.4, -0.2) is 16.8 Å². The summed E-state index contributed by atoms with van der Waals surface area (Å²) >= 11 is 0. The third kappa shape index (κ3) is 2.06. The van der Waals surface area contributed by atoms with Gasteiger partial charge in [-0.3, -0.25) is 4.99 Å². The molecule has 2 atom stereocenters. The third-order valence-electron chi connectivity index (χ3n) is 4.65. The number of hydrogen-bond donors (Lipinski definition) is 0. The van der Waals surface area contributed by atoms with E-state index in [1.54, 1.807) is 0 Å². The first-order valence-corrected chi connectivity index (χ1v) is 8.04. The molecule has 112 valence electrons. The summed E-state index contributed by atoms with van der Waals surface area (Å²) in [6, 6.07) is 18.5. The molecular weight excluding hydrogens is 268 g/mol. The molecule has 0 aliphatic carbocycles. The normalized spacial score (nSPS) is 22.8. The highest BCUT2D eigenvalue weighted by Crippen LogP contribution is 2.50. The minimum absolute atomic E-state index is 0.0391. The number of hydrogen-bond acceptors (Lipinski definition) is 1. The Labute approximate surface area is 132 Å². The maximum absolute atomic E-state index is 4.78. The van der Waals surface area contributed by atoms with Crippen LogP contribution in [0, 0.1) is 0 Å². The van der Waals surface area contributed by atoms with Crippen molar-refractivity contribution in [3.63, 3.8) is 0 Å². The Morgan fingerprint density at radius 1 is 0.955 bits per heavy atom. The van der Waals surface area contributed by atoms with Crippen molar-refractivity contribution in [1.29, 1.82) is 0 Å². The molecule has 2 aromatic rings. The Hall–Kier alpha value is -2.09. The van der Waals surface area contributed by atoms with Gasteiger partial charge in [0.15, 0.2) is 0 Å². The molecule has 0 saturated carbocycles. The molecule has 0 amide bonds. The molecular formula is C20H22N2. The number of benzene rings is 2. The summed E-state index contributed by atoms with van der Waals surface area (Å²) in [6.45, 7) is 6.45. The molecule has 2 aromatic carbocycles. The lowest BCUT2D eigenvalue weighted by Crippen LogP contribution is -2.32. The van der Waals surface area contributed by atoms with Crippen molar-refractivity contribution in [2.75, 3.05) is 0 Å². The van der Waals surface area contributed by atoms with Crippen LogP contribution in [0.4, 0.5) is 0 Å². The van der Waals surface area contributed by atoms with Crippen LogP contribution in [0.25, 0.3) is 0 Å². The SMILES string of the molecule is CC(C)(C)N=CN1C2Cc3ccccc3C1c1ccccc12. The zero-order valence-electron chi connectivity index (χ0n) is 13.5. The maximum Gasteiger partial charge on any atom is 0.0869 e. The lowest BCUT2D eigenvalue weighted by Gasteiger charge is -2.36. The number of nitrogens with zero attached hydrogens (tertiary/aromatic N) is 2. The first-order chi connectivity index (χ1) is 10.5. The summed E-state index contributed by atoms with van der Waals surface area (Å²) in [5.41, 5.74) is 5.78. The second-order valence-electron chi connectivity index (χ2n) is 7.31. The van der Waals surface area contributed by atoms with Gasteiger partial charge in [0.2, 0.25) is 0 Å². The predicted octanol–water partition coefficient (Wildman–Crippen LogP) is 4.52. The Kier molecular flexibility index (Phi) is 2.90. The molecule has 0 N–H and O–H groups in total. The van der Waals surface area contributed by atoms with E-state index in [0.29, 0.717) is 12.1 Å². The molecule has 2 unspecified atom stereocenters. The van der Waals surface area contributed by atoms with E-state index in [-0.39, 0.29) is 5.54 Å². The zero-order valence-corrected chi connectivity index (χ0v) is 13.5. The lowest BCUT2D eigenvalue weighted by atomic mass is 9.92. The van der Waals surface area contributed by atoms with Gasteiger partial charge in [0.1, 0.15) is 0 Å². The van der Waals surface area contributed by atoms with Crippen LogP contribution in [0.1, 0.15) is 55.1 Å². The van der Waals surface area contributed by atoms with E-state index in [1.807, 2.05) is 0 Å². The quantitative estimate of drug-likeness (QED) is 0.557. The van der Waals surface area contributed by atoms with Crippen molar-refractivity contribution in [3.8, 4) is 0 Å². The van der Waals surface area contributed by atoms with Crippen molar-refractivity contribution in [3.05, 3.63) is 70.8 Å². The van der Waals surface area contributed by atoms with Crippen LogP contribution in [0.15, 0.2) is 53.5 Å². The van der Waals surface area contributed by atoms with Gasteiger partial charge in [0.25, 0.3) is 0 Å². The number of rotatable bonds is 1. The van der Waals surface area contributed by atoms with Gasteiger partial charge in [0.05, 0.1) is 24.0 Å². The van der Waals surface area contributed by atoms with Gasteiger partial charge in [-0.05, 0) is 49.4 Å². The second kappa shape index (κ2) is 4.70. The molecule has 2 aliphatic rings. The molecule has 0 saturated heterocycles. The van der Waals surface area contributed by atoms with Crippen LogP contribution in [0.5, 0.6) is 0 Å². The molecule has 2 aliphatic heterocycles. The molecule has 2 nitrogen and oxygen atoms in total. The maximum atomic E-state index is 4.78. The van der Waals surface area contributed by atoms with Gasteiger partial charge >= 0.3 is 0 Å². The van der Waals surface area contributed by atoms with E-state index in [0.717, 1.165) is 6.42 Å². The Balaban J connectivity index is 1.85. The van der Waals surface area contributed by atoms with Gasteiger partial charge in [-0.15, -0.1) is 0 Å². The monoisotopic (exact) mass is 290 g/mol. The first kappa shape index (κ1) is 13.6. The van der Waals surface area contributed by atoms with E-state index in [9.17, 15) is 0 Å². The second-order valence-corrected chi connectivity index (χ2v) is 7.31. The average Bonchev–Trinajstić information content (AvgIpc) is 2.72. The fourth-order valence-corrected chi connectivity index (χ4v) is 3.69. The van der Waals surface area contributed by atoms with Crippen LogP contribution in [0.3, 0.4) is 0 Å². The summed E-state index contributed by atoms with van der Waals surface area (Å²) in [4.78, 5) is 7.23. The van der Waals surface area contributed by atoms with Gasteiger partial charge in [-0.1, -0.05) is 48.5 Å². The minimum atomic E-state index is -0.0391. The minimum Gasteiger partial charge on any atom is -0.344 e. The molecule has 0 fully saturated rings. The molecule has 22 heavy (non-hydrogen) atoms. The van der Waals surface area contributed by atoms with Crippen LogP contribution in [-0.2, 0) is 6.42 Å². The summed E-state index contributed by atoms with van der Waals surface area (Å²) in [6.07, 6.45) is 3.16. The number of fused-ring (bicyclic) bond motifs is 7. The summed E-state index contributed by atoms with van der Waals surface area (Å²) in [5.74, 6) is 0. The highest BCUT2D eigenvalue weighted by atomic mass is 15.2. The van der Waals surface area contributed by atoms with E-state index < -0.39 is 0 Å². The zero-order chi connectivity index (χ0) is 15.3. The fourth-order valence-electron chi connectivity index (χ4n) is 3.69. The predicted molar refractivity (Wildman–Crippen MR) is 91.3 cm³/mol. The summed E-state index contributed by atoms with van der Waals surface area (Å²) < 4.78 is 0. The third-order valence-corrected chi connectivity index (χ3v) is 4.65. The van der Waals surface area contributed by atoms with Gasteiger partial charge in [-0.25, -0.2) is 0 Å². The summed E-state index contributed by atoms with van der Waals surface area (Å²) in [5, 5.41) is 0. The summed E-state index contributed by atoms with van der Waals surface area (Å²) in [7, 11) is 0. The van der Waals surface area contributed by atoms with Crippen LogP contribution in [0.2, 0.25) is 0 Å². The molecule has 4 rings (SSSR count). The van der Waals surface area contributed by atoms with Crippen molar-refractivity contribution in [2.24, 2.45) is 4.99 Å². The van der Waals surface area contributed by atoms with Crippen LogP contribution < -0.4 is 0 Å². The standard InChI is InChI=1S/C20H22N2/c1-20(2,3)21-13-22-18-12-14-8-4-5-9-15(14)19(22)17-11-7-6-10-16(17)18/h4-11,13,18-19H,12H2,1-3H3. The van der Waals surface area contributed by atoms with E-state index >= 15 is 0 Å². The molecule has 2 heteroatoms. The Bertz CT molecular complexity index is 728. The highest BCUT2D eigenvalue weighted by Gasteiger charge is 2.42. The van der Waals surface area contributed by atoms with Gasteiger partial charge in [0, 0.05) is 0 Å². The van der Waals surface area contributed by atoms with Crippen molar-refractivity contribution in [1.82, 2.24) is 4.90 Å². The molecule has 2 heterocycles. The van der Waals surface area contributed by atoms with Crippen molar-refractivity contribution in [2.45, 2.75) is 44.8 Å². The lowest BCUT2D eigenvalue weighted by molar-refractivity contribution is 0.289. The average molecular weight is 290 g/mol. The van der Waals surface area contributed by atoms with Gasteiger partial charge in [-0.2, -0.15) is 0 Å². The highest BCUT2D eigenvalue weighted by molar-refractivity contribution is 5.65. The van der Waals surface area contributed by atoms with Crippen molar-refractivity contribution < 1.29 is 0 Å². The molecule has 0 spiro atoms.